The van der Waals surface area contributed by atoms with Gasteiger partial charge in [0, 0.05) is 11.4 Å². The molecule has 17 heavy (non-hydrogen) atoms. The summed E-state index contributed by atoms with van der Waals surface area (Å²) in [6.45, 7) is 2.93. The number of benzene rings is 1. The van der Waals surface area contributed by atoms with Crippen molar-refractivity contribution in [2.24, 2.45) is 0 Å². The van der Waals surface area contributed by atoms with E-state index in [9.17, 15) is 0 Å². The zero-order chi connectivity index (χ0) is 12.3. The van der Waals surface area contributed by atoms with Crippen LogP contribution in [0.15, 0.2) is 30.3 Å². The van der Waals surface area contributed by atoms with Crippen molar-refractivity contribution in [3.8, 4) is 16.5 Å². The van der Waals surface area contributed by atoms with Crippen LogP contribution in [0.5, 0.6) is 0 Å². The Morgan fingerprint density at radius 3 is 2.76 bits per heavy atom. The molecule has 0 radical (unpaired) electrons. The maximum atomic E-state index is 8.87. The summed E-state index contributed by atoms with van der Waals surface area (Å²) in [6.07, 6.45) is 0. The van der Waals surface area contributed by atoms with Crippen LogP contribution in [0.4, 0.5) is 0 Å². The zero-order valence-corrected chi connectivity index (χ0v) is 10.8. The Morgan fingerprint density at radius 2 is 2.12 bits per heavy atom. The van der Waals surface area contributed by atoms with Gasteiger partial charge in [-0.05, 0) is 37.2 Å². The van der Waals surface area contributed by atoms with E-state index in [1.807, 2.05) is 19.2 Å². The zero-order valence-electron chi connectivity index (χ0n) is 9.95. The van der Waals surface area contributed by atoms with Crippen molar-refractivity contribution in [1.29, 1.82) is 5.26 Å². The van der Waals surface area contributed by atoms with E-state index in [2.05, 4.69) is 36.5 Å². The van der Waals surface area contributed by atoms with Gasteiger partial charge in [-0.3, -0.25) is 0 Å². The van der Waals surface area contributed by atoms with Crippen LogP contribution in [-0.2, 0) is 6.54 Å². The average molecular weight is 242 g/mol. The summed E-state index contributed by atoms with van der Waals surface area (Å²) >= 11 is 1.55. The van der Waals surface area contributed by atoms with E-state index in [0.717, 1.165) is 16.3 Å². The minimum absolute atomic E-state index is 0.761. The number of nitrogens with zero attached hydrogens (tertiary/aromatic N) is 1. The second kappa shape index (κ2) is 5.13. The van der Waals surface area contributed by atoms with Gasteiger partial charge in [-0.1, -0.05) is 23.8 Å². The van der Waals surface area contributed by atoms with Gasteiger partial charge in [-0.25, -0.2) is 0 Å². The van der Waals surface area contributed by atoms with Crippen molar-refractivity contribution in [2.75, 3.05) is 7.05 Å². The molecule has 0 saturated carbocycles. The molecule has 2 nitrogen and oxygen atoms in total. The third-order valence-corrected chi connectivity index (χ3v) is 3.64. The highest BCUT2D eigenvalue weighted by atomic mass is 32.1. The molecule has 1 N–H and O–H groups in total. The molecule has 0 fully saturated rings. The molecule has 86 valence electrons. The molecule has 3 heteroatoms. The predicted octanol–water partition coefficient (Wildman–Crippen LogP) is 3.31. The third-order valence-electron chi connectivity index (χ3n) is 2.61. The summed E-state index contributed by atoms with van der Waals surface area (Å²) in [5.41, 5.74) is 3.74. The molecular weight excluding hydrogens is 228 g/mol. The molecule has 0 aliphatic rings. The van der Waals surface area contributed by atoms with Crippen molar-refractivity contribution in [2.45, 2.75) is 13.5 Å². The van der Waals surface area contributed by atoms with E-state index in [1.165, 1.54) is 16.7 Å². The monoisotopic (exact) mass is 242 g/mol. The molecule has 2 rings (SSSR count). The van der Waals surface area contributed by atoms with E-state index in [-0.39, 0.29) is 0 Å². The lowest BCUT2D eigenvalue weighted by atomic mass is 10.0. The quantitative estimate of drug-likeness (QED) is 0.896. The van der Waals surface area contributed by atoms with Gasteiger partial charge in [0.25, 0.3) is 0 Å². The minimum atomic E-state index is 0.761. The molecule has 0 aliphatic carbocycles. The molecular formula is C14H14N2S. The molecule has 0 unspecified atom stereocenters. The number of thiophene rings is 1. The van der Waals surface area contributed by atoms with Gasteiger partial charge in [0.05, 0.1) is 0 Å². The first-order valence-electron chi connectivity index (χ1n) is 5.49. The van der Waals surface area contributed by atoms with Crippen LogP contribution in [-0.4, -0.2) is 7.05 Å². The summed E-state index contributed by atoms with van der Waals surface area (Å²) in [7, 11) is 1.94. The standard InChI is InChI=1S/C14H14N2S/c1-10-3-4-11(9-16-2)13(7-10)14-6-5-12(8-15)17-14/h3-7,16H,9H2,1-2H3. The SMILES string of the molecule is CNCc1ccc(C)cc1-c1ccc(C#N)s1. The molecule has 0 atom stereocenters. The van der Waals surface area contributed by atoms with Crippen LogP contribution in [0.25, 0.3) is 10.4 Å². The first-order chi connectivity index (χ1) is 8.24. The fourth-order valence-corrected chi connectivity index (χ4v) is 2.66. The van der Waals surface area contributed by atoms with Gasteiger partial charge in [-0.15, -0.1) is 11.3 Å². The summed E-state index contributed by atoms with van der Waals surface area (Å²) in [4.78, 5) is 1.92. The lowest BCUT2D eigenvalue weighted by Gasteiger charge is -2.08. The van der Waals surface area contributed by atoms with Crippen LogP contribution in [0, 0.1) is 18.3 Å². The lowest BCUT2D eigenvalue weighted by molar-refractivity contribution is 0.819. The largest absolute Gasteiger partial charge is 0.316 e. The molecule has 1 aromatic heterocycles. The molecule has 2 aromatic rings. The highest BCUT2D eigenvalue weighted by Crippen LogP contribution is 2.31. The van der Waals surface area contributed by atoms with Gasteiger partial charge < -0.3 is 5.32 Å². The van der Waals surface area contributed by atoms with E-state index >= 15 is 0 Å². The summed E-state index contributed by atoms with van der Waals surface area (Å²) in [5, 5.41) is 12.0. The Hall–Kier alpha value is -1.63. The van der Waals surface area contributed by atoms with Crippen molar-refractivity contribution in [3.63, 3.8) is 0 Å². The molecule has 0 bridgehead atoms. The molecule has 1 aromatic carbocycles. The van der Waals surface area contributed by atoms with Crippen molar-refractivity contribution < 1.29 is 0 Å². The second-order valence-electron chi connectivity index (χ2n) is 3.97. The fourth-order valence-electron chi connectivity index (χ4n) is 1.81. The molecule has 0 aliphatic heterocycles. The van der Waals surface area contributed by atoms with Crippen LogP contribution in [0.2, 0.25) is 0 Å². The van der Waals surface area contributed by atoms with Crippen molar-refractivity contribution >= 4 is 11.3 Å². The van der Waals surface area contributed by atoms with E-state index in [0.29, 0.717) is 0 Å². The minimum Gasteiger partial charge on any atom is -0.316 e. The second-order valence-corrected chi connectivity index (χ2v) is 5.05. The van der Waals surface area contributed by atoms with Gasteiger partial charge in [0.15, 0.2) is 0 Å². The number of nitrogens with one attached hydrogen (secondary N) is 1. The smallest absolute Gasteiger partial charge is 0.110 e. The molecule has 1 heterocycles. The Morgan fingerprint density at radius 1 is 1.29 bits per heavy atom. The normalized spacial score (nSPS) is 10.2. The Bertz CT molecular complexity index is 564. The number of hydrogen-bond acceptors (Lipinski definition) is 3. The number of rotatable bonds is 3. The van der Waals surface area contributed by atoms with E-state index in [4.69, 9.17) is 5.26 Å². The molecule has 0 spiro atoms. The Kier molecular flexibility index (Phi) is 3.58. The topological polar surface area (TPSA) is 35.8 Å². The Balaban J connectivity index is 2.49. The fraction of sp³-hybridized carbons (Fsp3) is 0.214. The van der Waals surface area contributed by atoms with Crippen LogP contribution in [0.1, 0.15) is 16.0 Å². The summed E-state index contributed by atoms with van der Waals surface area (Å²) < 4.78 is 0. The summed E-state index contributed by atoms with van der Waals surface area (Å²) in [6, 6.07) is 12.5. The van der Waals surface area contributed by atoms with Gasteiger partial charge in [-0.2, -0.15) is 5.26 Å². The van der Waals surface area contributed by atoms with Gasteiger partial charge in [0.2, 0.25) is 0 Å². The maximum Gasteiger partial charge on any atom is 0.110 e. The van der Waals surface area contributed by atoms with Crippen LogP contribution in [0.3, 0.4) is 0 Å². The van der Waals surface area contributed by atoms with Crippen LogP contribution < -0.4 is 5.32 Å². The van der Waals surface area contributed by atoms with E-state index < -0.39 is 0 Å². The highest BCUT2D eigenvalue weighted by molar-refractivity contribution is 7.16. The van der Waals surface area contributed by atoms with Crippen molar-refractivity contribution in [3.05, 3.63) is 46.3 Å². The molecule has 0 amide bonds. The maximum absolute atomic E-state index is 8.87. The van der Waals surface area contributed by atoms with Gasteiger partial charge >= 0.3 is 0 Å². The molecule has 0 saturated heterocycles. The van der Waals surface area contributed by atoms with Gasteiger partial charge in [0.1, 0.15) is 10.9 Å². The lowest BCUT2D eigenvalue weighted by Crippen LogP contribution is -2.06. The highest BCUT2D eigenvalue weighted by Gasteiger charge is 2.07. The van der Waals surface area contributed by atoms with Crippen molar-refractivity contribution in [1.82, 2.24) is 5.32 Å². The van der Waals surface area contributed by atoms with E-state index in [1.54, 1.807) is 11.3 Å². The predicted molar refractivity (Wildman–Crippen MR) is 72.0 cm³/mol. The number of hydrogen-bond donors (Lipinski definition) is 1. The van der Waals surface area contributed by atoms with Crippen LogP contribution >= 0.6 is 11.3 Å². The number of aryl methyl sites for hydroxylation is 1. The third kappa shape index (κ3) is 2.55. The number of nitriles is 1. The average Bonchev–Trinajstić information content (AvgIpc) is 2.80. The summed E-state index contributed by atoms with van der Waals surface area (Å²) in [5.74, 6) is 0. The first kappa shape index (κ1) is 11.8. The first-order valence-corrected chi connectivity index (χ1v) is 6.30. The Labute approximate surface area is 106 Å².